The number of halogens is 1. The number of fused-ring (bicyclic) bond motifs is 1. The summed E-state index contributed by atoms with van der Waals surface area (Å²) in [6.45, 7) is 7.20. The fraction of sp³-hybridized carbons (Fsp3) is 0.455. The van der Waals surface area contributed by atoms with Crippen LogP contribution in [0.4, 0.5) is 0 Å². The van der Waals surface area contributed by atoms with Gasteiger partial charge in [0.15, 0.2) is 0 Å². The Morgan fingerprint density at radius 2 is 1.83 bits per heavy atom. The summed E-state index contributed by atoms with van der Waals surface area (Å²) >= 11 is 6.36. The van der Waals surface area contributed by atoms with E-state index < -0.39 is 0 Å². The van der Waals surface area contributed by atoms with E-state index in [0.717, 1.165) is 5.02 Å². The third-order valence-corrected chi connectivity index (χ3v) is 6.05. The average Bonchev–Trinajstić information content (AvgIpc) is 2.93. The zero-order valence-corrected chi connectivity index (χ0v) is 15.4. The molecule has 0 radical (unpaired) electrons. The van der Waals surface area contributed by atoms with Crippen LogP contribution in [0.15, 0.2) is 48.5 Å². The summed E-state index contributed by atoms with van der Waals surface area (Å²) in [6, 6.07) is 18.0. The maximum Gasteiger partial charge on any atom is 0.0409 e. The quantitative estimate of drug-likeness (QED) is 0.644. The Labute approximate surface area is 150 Å². The highest BCUT2D eigenvalue weighted by Gasteiger charge is 2.38. The van der Waals surface area contributed by atoms with E-state index in [1.807, 2.05) is 0 Å². The lowest BCUT2D eigenvalue weighted by Gasteiger charge is -2.41. The first-order valence-corrected chi connectivity index (χ1v) is 9.50. The first kappa shape index (κ1) is 16.2. The monoisotopic (exact) mass is 339 g/mol. The molecule has 1 fully saturated rings. The number of likely N-dealkylation sites (tertiary alicyclic amines) is 1. The Hall–Kier alpha value is -1.31. The van der Waals surface area contributed by atoms with E-state index in [9.17, 15) is 0 Å². The summed E-state index contributed by atoms with van der Waals surface area (Å²) in [5, 5.41) is 0.865. The molecule has 4 rings (SSSR count). The zero-order valence-electron chi connectivity index (χ0n) is 14.6. The van der Waals surface area contributed by atoms with Crippen molar-refractivity contribution in [3.8, 4) is 0 Å². The molecule has 0 saturated carbocycles. The predicted molar refractivity (Wildman–Crippen MR) is 102 cm³/mol. The molecule has 0 N–H and O–H groups in total. The van der Waals surface area contributed by atoms with Gasteiger partial charge >= 0.3 is 0 Å². The van der Waals surface area contributed by atoms with Crippen molar-refractivity contribution in [2.75, 3.05) is 13.1 Å². The van der Waals surface area contributed by atoms with E-state index in [4.69, 9.17) is 11.6 Å². The van der Waals surface area contributed by atoms with Crippen molar-refractivity contribution in [2.45, 2.75) is 45.1 Å². The number of piperidine rings is 1. The lowest BCUT2D eigenvalue weighted by Crippen LogP contribution is -2.41. The summed E-state index contributed by atoms with van der Waals surface area (Å²) in [4.78, 5) is 2.71. The molecule has 0 spiro atoms. The molecule has 0 aromatic heterocycles. The molecule has 0 bridgehead atoms. The van der Waals surface area contributed by atoms with Crippen molar-refractivity contribution in [2.24, 2.45) is 5.41 Å². The minimum atomic E-state index is 0.418. The van der Waals surface area contributed by atoms with Gasteiger partial charge in [0.05, 0.1) is 0 Å². The summed E-state index contributed by atoms with van der Waals surface area (Å²) in [5.74, 6) is 0.494. The van der Waals surface area contributed by atoms with Crippen LogP contribution in [0.3, 0.4) is 0 Å². The summed E-state index contributed by atoms with van der Waals surface area (Å²) < 4.78 is 0. The molecule has 0 unspecified atom stereocenters. The molecule has 2 heteroatoms. The Morgan fingerprint density at radius 3 is 2.58 bits per heavy atom. The van der Waals surface area contributed by atoms with E-state index in [-0.39, 0.29) is 0 Å². The average molecular weight is 340 g/mol. The summed E-state index contributed by atoms with van der Waals surface area (Å²) in [5.41, 5.74) is 4.77. The van der Waals surface area contributed by atoms with Crippen LogP contribution >= 0.6 is 11.6 Å². The van der Waals surface area contributed by atoms with E-state index in [2.05, 4.69) is 67.3 Å². The van der Waals surface area contributed by atoms with Crippen LogP contribution in [0, 0.1) is 5.41 Å². The molecular weight excluding hydrogens is 314 g/mol. The molecule has 2 aromatic rings. The van der Waals surface area contributed by atoms with E-state index in [1.54, 1.807) is 0 Å². The van der Waals surface area contributed by atoms with Gasteiger partial charge in [0.25, 0.3) is 0 Å². The number of hydrogen-bond acceptors (Lipinski definition) is 1. The van der Waals surface area contributed by atoms with Gasteiger partial charge in [0, 0.05) is 23.5 Å². The highest BCUT2D eigenvalue weighted by atomic mass is 35.5. The fourth-order valence-electron chi connectivity index (χ4n) is 4.71. The molecule has 2 atom stereocenters. The van der Waals surface area contributed by atoms with Crippen LogP contribution < -0.4 is 0 Å². The second-order valence-corrected chi connectivity index (χ2v) is 8.66. The smallest absolute Gasteiger partial charge is 0.0409 e. The third-order valence-electron chi connectivity index (χ3n) is 5.81. The van der Waals surface area contributed by atoms with E-state index >= 15 is 0 Å². The first-order chi connectivity index (χ1) is 11.5. The zero-order chi connectivity index (χ0) is 16.7. The Balaban J connectivity index is 1.71. The van der Waals surface area contributed by atoms with Crippen molar-refractivity contribution in [1.29, 1.82) is 0 Å². The molecule has 1 aliphatic heterocycles. The van der Waals surface area contributed by atoms with Crippen LogP contribution in [0.5, 0.6) is 0 Å². The molecule has 1 heterocycles. The van der Waals surface area contributed by atoms with Crippen molar-refractivity contribution in [3.05, 3.63) is 70.2 Å². The molecule has 1 saturated heterocycles. The molecule has 1 nitrogen and oxygen atoms in total. The molecule has 2 aromatic carbocycles. The lowest BCUT2D eigenvalue weighted by atomic mass is 9.83. The molecular formula is C22H26ClN. The van der Waals surface area contributed by atoms with Crippen LogP contribution in [-0.2, 0) is 0 Å². The number of hydrogen-bond donors (Lipinski definition) is 0. The van der Waals surface area contributed by atoms with E-state index in [1.165, 1.54) is 49.0 Å². The second-order valence-electron chi connectivity index (χ2n) is 8.23. The standard InChI is InChI=1S/C22H26ClN/c1-22(2)11-6-12-24(15-22)21-14-19(16-7-4-3-5-8-16)18-10-9-17(23)13-20(18)21/h3-5,7-10,13,19,21H,6,11-12,14-15H2,1-2H3/t19-,21+/m0/s1. The van der Waals surface area contributed by atoms with Crippen LogP contribution in [0.1, 0.15) is 61.8 Å². The fourth-order valence-corrected chi connectivity index (χ4v) is 4.89. The van der Waals surface area contributed by atoms with Crippen molar-refractivity contribution in [3.63, 3.8) is 0 Å². The van der Waals surface area contributed by atoms with Crippen molar-refractivity contribution >= 4 is 11.6 Å². The second kappa shape index (κ2) is 6.20. The molecule has 1 aliphatic carbocycles. The predicted octanol–water partition coefficient (Wildman–Crippen LogP) is 6.04. The van der Waals surface area contributed by atoms with Gasteiger partial charge in [-0.1, -0.05) is 61.8 Å². The Morgan fingerprint density at radius 1 is 1.04 bits per heavy atom. The Bertz CT molecular complexity index is 722. The largest absolute Gasteiger partial charge is 0.296 e. The van der Waals surface area contributed by atoms with Gasteiger partial charge in [-0.05, 0) is 60.0 Å². The van der Waals surface area contributed by atoms with Crippen molar-refractivity contribution < 1.29 is 0 Å². The van der Waals surface area contributed by atoms with Crippen LogP contribution in [0.2, 0.25) is 5.02 Å². The lowest BCUT2D eigenvalue weighted by molar-refractivity contribution is 0.0769. The SMILES string of the molecule is CC1(C)CCCN([C@@H]2C[C@@H](c3ccccc3)c3ccc(Cl)cc32)C1. The summed E-state index contributed by atoms with van der Waals surface area (Å²) in [7, 11) is 0. The minimum absolute atomic E-state index is 0.418. The molecule has 126 valence electrons. The van der Waals surface area contributed by atoms with Gasteiger partial charge in [0.2, 0.25) is 0 Å². The number of rotatable bonds is 2. The minimum Gasteiger partial charge on any atom is -0.296 e. The molecule has 0 amide bonds. The number of benzene rings is 2. The first-order valence-electron chi connectivity index (χ1n) is 9.12. The topological polar surface area (TPSA) is 3.24 Å². The van der Waals surface area contributed by atoms with Gasteiger partial charge in [-0.25, -0.2) is 0 Å². The maximum atomic E-state index is 6.36. The molecule has 2 aliphatic rings. The highest BCUT2D eigenvalue weighted by molar-refractivity contribution is 6.30. The van der Waals surface area contributed by atoms with Gasteiger partial charge in [-0.2, -0.15) is 0 Å². The highest BCUT2D eigenvalue weighted by Crippen LogP contribution is 2.49. The van der Waals surface area contributed by atoms with Crippen molar-refractivity contribution in [1.82, 2.24) is 4.90 Å². The maximum absolute atomic E-state index is 6.36. The van der Waals surface area contributed by atoms with Gasteiger partial charge in [0.1, 0.15) is 0 Å². The van der Waals surface area contributed by atoms with Gasteiger partial charge < -0.3 is 0 Å². The normalized spacial score (nSPS) is 26.3. The van der Waals surface area contributed by atoms with E-state index in [0.29, 0.717) is 17.4 Å². The Kier molecular flexibility index (Phi) is 4.18. The van der Waals surface area contributed by atoms with Gasteiger partial charge in [-0.15, -0.1) is 0 Å². The third kappa shape index (κ3) is 3.00. The molecule has 24 heavy (non-hydrogen) atoms. The summed E-state index contributed by atoms with van der Waals surface area (Å²) in [6.07, 6.45) is 3.81. The van der Waals surface area contributed by atoms with Gasteiger partial charge in [-0.3, -0.25) is 4.90 Å². The van der Waals surface area contributed by atoms with Crippen LogP contribution in [0.25, 0.3) is 0 Å². The number of nitrogens with zero attached hydrogens (tertiary/aromatic N) is 1. The van der Waals surface area contributed by atoms with Crippen LogP contribution in [-0.4, -0.2) is 18.0 Å².